The minimum Gasteiger partial charge on any atom is -0.309 e. The molecule has 1 saturated heterocycles. The first kappa shape index (κ1) is 9.72. The lowest BCUT2D eigenvalue weighted by atomic mass is 9.82. The van der Waals surface area contributed by atoms with Crippen LogP contribution in [-0.2, 0) is 0 Å². The zero-order valence-electron chi connectivity index (χ0n) is 9.52. The summed E-state index contributed by atoms with van der Waals surface area (Å²) in [6.07, 6.45) is 0. The first-order valence-corrected chi connectivity index (χ1v) is 5.40. The van der Waals surface area contributed by atoms with Crippen LogP contribution in [0.15, 0.2) is 12.1 Å². The van der Waals surface area contributed by atoms with E-state index in [1.807, 2.05) is 0 Å². The lowest BCUT2D eigenvalue weighted by Gasteiger charge is -2.38. The molecule has 0 aromatic heterocycles. The van der Waals surface area contributed by atoms with Crippen LogP contribution in [0.4, 0.5) is 0 Å². The molecule has 0 spiro atoms. The Labute approximate surface area is 86.5 Å². The second kappa shape index (κ2) is 3.39. The Kier molecular flexibility index (Phi) is 2.36. The third-order valence-corrected chi connectivity index (χ3v) is 3.28. The smallest absolute Gasteiger partial charge is 0.0363 e. The van der Waals surface area contributed by atoms with Gasteiger partial charge in [-0.2, -0.15) is 0 Å². The lowest BCUT2D eigenvalue weighted by molar-refractivity contribution is 0.256. The molecule has 2 unspecified atom stereocenters. The van der Waals surface area contributed by atoms with Crippen LogP contribution in [0.1, 0.15) is 35.2 Å². The molecular weight excluding hydrogens is 170 g/mol. The van der Waals surface area contributed by atoms with Crippen molar-refractivity contribution in [3.05, 3.63) is 34.4 Å². The number of rotatable bonds is 1. The Morgan fingerprint density at radius 2 is 1.71 bits per heavy atom. The van der Waals surface area contributed by atoms with E-state index < -0.39 is 0 Å². The van der Waals surface area contributed by atoms with Gasteiger partial charge in [0.15, 0.2) is 0 Å². The summed E-state index contributed by atoms with van der Waals surface area (Å²) in [5, 5.41) is 3.51. The molecule has 0 radical (unpaired) electrons. The van der Waals surface area contributed by atoms with Crippen molar-refractivity contribution < 1.29 is 0 Å². The molecule has 1 aliphatic heterocycles. The van der Waals surface area contributed by atoms with Crippen LogP contribution in [0.3, 0.4) is 0 Å². The summed E-state index contributed by atoms with van der Waals surface area (Å²) in [5.41, 5.74) is 5.77. The van der Waals surface area contributed by atoms with Gasteiger partial charge in [0.2, 0.25) is 0 Å². The number of benzene rings is 1. The standard InChI is InChI=1S/C13H19N/c1-8-5-9(2)12(10(3)6-8)13-11(4)7-14-13/h5-6,11,13-14H,7H2,1-4H3. The molecular formula is C13H19N. The first-order chi connectivity index (χ1) is 6.59. The van der Waals surface area contributed by atoms with Gasteiger partial charge in [-0.15, -0.1) is 0 Å². The highest BCUT2D eigenvalue weighted by Gasteiger charge is 2.29. The highest BCUT2D eigenvalue weighted by Crippen LogP contribution is 2.33. The van der Waals surface area contributed by atoms with E-state index in [4.69, 9.17) is 0 Å². The Balaban J connectivity index is 2.42. The summed E-state index contributed by atoms with van der Waals surface area (Å²) < 4.78 is 0. The highest BCUT2D eigenvalue weighted by molar-refractivity contribution is 5.40. The average molecular weight is 189 g/mol. The molecule has 0 bridgehead atoms. The maximum absolute atomic E-state index is 3.51. The van der Waals surface area contributed by atoms with Gasteiger partial charge in [-0.3, -0.25) is 0 Å². The molecule has 1 aliphatic rings. The van der Waals surface area contributed by atoms with E-state index in [1.165, 1.54) is 22.3 Å². The molecule has 1 heterocycles. The number of aryl methyl sites for hydroxylation is 3. The van der Waals surface area contributed by atoms with Gasteiger partial charge < -0.3 is 5.32 Å². The molecule has 0 aliphatic carbocycles. The van der Waals surface area contributed by atoms with E-state index in [2.05, 4.69) is 45.1 Å². The minimum atomic E-state index is 0.593. The molecule has 1 N–H and O–H groups in total. The van der Waals surface area contributed by atoms with E-state index in [1.54, 1.807) is 0 Å². The fourth-order valence-electron chi connectivity index (χ4n) is 2.54. The molecule has 0 amide bonds. The van der Waals surface area contributed by atoms with Gasteiger partial charge in [0.25, 0.3) is 0 Å². The van der Waals surface area contributed by atoms with Crippen molar-refractivity contribution in [3.63, 3.8) is 0 Å². The van der Waals surface area contributed by atoms with E-state index >= 15 is 0 Å². The van der Waals surface area contributed by atoms with Crippen LogP contribution < -0.4 is 5.32 Å². The van der Waals surface area contributed by atoms with Crippen molar-refractivity contribution >= 4 is 0 Å². The maximum atomic E-state index is 3.51. The topological polar surface area (TPSA) is 12.0 Å². The first-order valence-electron chi connectivity index (χ1n) is 5.40. The van der Waals surface area contributed by atoms with E-state index in [-0.39, 0.29) is 0 Å². The van der Waals surface area contributed by atoms with Crippen molar-refractivity contribution in [1.82, 2.24) is 5.32 Å². The van der Waals surface area contributed by atoms with Crippen molar-refractivity contribution in [3.8, 4) is 0 Å². The zero-order chi connectivity index (χ0) is 10.3. The molecule has 14 heavy (non-hydrogen) atoms. The Bertz CT molecular complexity index is 331. The third-order valence-electron chi connectivity index (χ3n) is 3.28. The van der Waals surface area contributed by atoms with Crippen molar-refractivity contribution in [2.75, 3.05) is 6.54 Å². The molecule has 1 fully saturated rings. The molecule has 2 atom stereocenters. The second-order valence-electron chi connectivity index (χ2n) is 4.68. The summed E-state index contributed by atoms with van der Waals surface area (Å²) in [7, 11) is 0. The van der Waals surface area contributed by atoms with Gasteiger partial charge in [0, 0.05) is 12.6 Å². The van der Waals surface area contributed by atoms with E-state index in [9.17, 15) is 0 Å². The monoisotopic (exact) mass is 189 g/mol. The molecule has 1 nitrogen and oxygen atoms in total. The van der Waals surface area contributed by atoms with Crippen LogP contribution in [0.5, 0.6) is 0 Å². The largest absolute Gasteiger partial charge is 0.309 e. The fourth-order valence-corrected chi connectivity index (χ4v) is 2.54. The third kappa shape index (κ3) is 1.46. The molecule has 1 aromatic carbocycles. The zero-order valence-corrected chi connectivity index (χ0v) is 9.52. The van der Waals surface area contributed by atoms with Gasteiger partial charge in [-0.1, -0.05) is 24.6 Å². The molecule has 2 rings (SSSR count). The summed E-state index contributed by atoms with van der Waals surface area (Å²) in [5.74, 6) is 0.787. The normalized spacial score (nSPS) is 26.0. The second-order valence-corrected chi connectivity index (χ2v) is 4.68. The van der Waals surface area contributed by atoms with Gasteiger partial charge in [-0.05, 0) is 43.4 Å². The van der Waals surface area contributed by atoms with Crippen LogP contribution in [0, 0.1) is 26.7 Å². The van der Waals surface area contributed by atoms with Crippen LogP contribution in [0.2, 0.25) is 0 Å². The Morgan fingerprint density at radius 3 is 2.07 bits per heavy atom. The number of hydrogen-bond acceptors (Lipinski definition) is 1. The molecule has 1 heteroatoms. The molecule has 1 aromatic rings. The van der Waals surface area contributed by atoms with E-state index in [0.29, 0.717) is 6.04 Å². The summed E-state index contributed by atoms with van der Waals surface area (Å²) in [4.78, 5) is 0. The van der Waals surface area contributed by atoms with Crippen LogP contribution in [-0.4, -0.2) is 6.54 Å². The van der Waals surface area contributed by atoms with Crippen molar-refractivity contribution in [2.24, 2.45) is 5.92 Å². The lowest BCUT2D eigenvalue weighted by Crippen LogP contribution is -2.44. The number of hydrogen-bond donors (Lipinski definition) is 1. The average Bonchev–Trinajstić information content (AvgIpc) is 2.08. The summed E-state index contributed by atoms with van der Waals surface area (Å²) in [6, 6.07) is 5.17. The van der Waals surface area contributed by atoms with Crippen LogP contribution >= 0.6 is 0 Å². The van der Waals surface area contributed by atoms with Crippen LogP contribution in [0.25, 0.3) is 0 Å². The van der Waals surface area contributed by atoms with E-state index in [0.717, 1.165) is 12.5 Å². The van der Waals surface area contributed by atoms with Gasteiger partial charge in [-0.25, -0.2) is 0 Å². The Morgan fingerprint density at radius 1 is 1.14 bits per heavy atom. The quantitative estimate of drug-likeness (QED) is 0.716. The maximum Gasteiger partial charge on any atom is 0.0363 e. The Hall–Kier alpha value is -0.820. The fraction of sp³-hybridized carbons (Fsp3) is 0.538. The summed E-state index contributed by atoms with van der Waals surface area (Å²) in [6.45, 7) is 10.1. The van der Waals surface area contributed by atoms with Crippen molar-refractivity contribution in [1.29, 1.82) is 0 Å². The highest BCUT2D eigenvalue weighted by atomic mass is 15.0. The summed E-state index contributed by atoms with van der Waals surface area (Å²) >= 11 is 0. The SMILES string of the molecule is Cc1cc(C)c(C2NCC2C)c(C)c1. The number of nitrogens with one attached hydrogen (secondary N) is 1. The molecule has 0 saturated carbocycles. The minimum absolute atomic E-state index is 0.593. The predicted octanol–water partition coefficient (Wildman–Crippen LogP) is 2.89. The predicted molar refractivity (Wildman–Crippen MR) is 60.6 cm³/mol. The van der Waals surface area contributed by atoms with Gasteiger partial charge in [0.1, 0.15) is 0 Å². The van der Waals surface area contributed by atoms with Gasteiger partial charge >= 0.3 is 0 Å². The van der Waals surface area contributed by atoms with Crippen molar-refractivity contribution in [2.45, 2.75) is 33.7 Å². The molecule has 76 valence electrons. The van der Waals surface area contributed by atoms with Gasteiger partial charge in [0.05, 0.1) is 0 Å².